The van der Waals surface area contributed by atoms with Crippen LogP contribution in [-0.4, -0.2) is 31.6 Å². The zero-order chi connectivity index (χ0) is 11.9. The average Bonchev–Trinajstić information content (AvgIpc) is 2.09. The molecule has 0 heterocycles. The minimum absolute atomic E-state index is 0.134. The Hall–Kier alpha value is -0.870. The van der Waals surface area contributed by atoms with Gasteiger partial charge in [-0.3, -0.25) is 0 Å². The summed E-state index contributed by atoms with van der Waals surface area (Å²) in [6.07, 6.45) is 0. The van der Waals surface area contributed by atoms with E-state index in [1.165, 1.54) is 0 Å². The first kappa shape index (κ1) is 14.1. The topological polar surface area (TPSA) is 44.8 Å². The highest BCUT2D eigenvalue weighted by atomic mass is 16.7. The molecule has 15 heavy (non-hydrogen) atoms. The Kier molecular flexibility index (Phi) is 6.20. The first-order valence-electron chi connectivity index (χ1n) is 4.93. The fourth-order valence-corrected chi connectivity index (χ4v) is 0.716. The largest absolute Gasteiger partial charge is 0.457 e. The molecule has 0 bridgehead atoms. The monoisotopic (exact) mass is 216 g/mol. The minimum atomic E-state index is -0.500. The molecule has 88 valence electrons. The van der Waals surface area contributed by atoms with E-state index in [0.717, 1.165) is 0 Å². The van der Waals surface area contributed by atoms with Crippen molar-refractivity contribution in [3.05, 3.63) is 12.2 Å². The molecule has 4 heteroatoms. The summed E-state index contributed by atoms with van der Waals surface area (Å²) in [6.45, 7) is 11.7. The third-order valence-corrected chi connectivity index (χ3v) is 1.33. The van der Waals surface area contributed by atoms with Gasteiger partial charge in [-0.2, -0.15) is 0 Å². The Labute approximate surface area is 91.2 Å². The number of carbonyl (C=O) groups is 1. The van der Waals surface area contributed by atoms with Gasteiger partial charge in [0, 0.05) is 6.61 Å². The van der Waals surface area contributed by atoms with Crippen LogP contribution in [0.2, 0.25) is 0 Å². The fraction of sp³-hybridized carbons (Fsp3) is 0.727. The van der Waals surface area contributed by atoms with Crippen molar-refractivity contribution in [1.82, 2.24) is 0 Å². The average molecular weight is 216 g/mol. The van der Waals surface area contributed by atoms with Crippen molar-refractivity contribution in [2.75, 3.05) is 20.0 Å². The van der Waals surface area contributed by atoms with Gasteiger partial charge < -0.3 is 14.2 Å². The van der Waals surface area contributed by atoms with Gasteiger partial charge in [0.2, 0.25) is 0 Å². The van der Waals surface area contributed by atoms with Gasteiger partial charge in [-0.25, -0.2) is 4.79 Å². The van der Waals surface area contributed by atoms with Gasteiger partial charge in [0.05, 0.1) is 12.2 Å². The van der Waals surface area contributed by atoms with E-state index < -0.39 is 11.6 Å². The van der Waals surface area contributed by atoms with Crippen LogP contribution in [0.1, 0.15) is 27.7 Å². The van der Waals surface area contributed by atoms with Crippen LogP contribution in [0.4, 0.5) is 0 Å². The number of rotatable bonds is 6. The Morgan fingerprint density at radius 3 is 2.33 bits per heavy atom. The zero-order valence-corrected chi connectivity index (χ0v) is 9.96. The van der Waals surface area contributed by atoms with E-state index in [-0.39, 0.29) is 13.4 Å². The molecule has 0 atom stereocenters. The molecule has 0 fully saturated rings. The summed E-state index contributed by atoms with van der Waals surface area (Å²) in [5, 5.41) is 0. The number of esters is 1. The third kappa shape index (κ3) is 8.15. The van der Waals surface area contributed by atoms with Crippen LogP contribution in [0.25, 0.3) is 0 Å². The maximum Gasteiger partial charge on any atom is 0.336 e. The van der Waals surface area contributed by atoms with Crippen molar-refractivity contribution >= 4 is 5.97 Å². The lowest BCUT2D eigenvalue weighted by molar-refractivity contribution is -0.151. The summed E-state index contributed by atoms with van der Waals surface area (Å²) < 4.78 is 15.1. The fourth-order valence-electron chi connectivity index (χ4n) is 0.716. The van der Waals surface area contributed by atoms with Crippen molar-refractivity contribution in [3.8, 4) is 0 Å². The van der Waals surface area contributed by atoms with E-state index in [4.69, 9.17) is 14.2 Å². The number of hydrogen-bond donors (Lipinski definition) is 0. The van der Waals surface area contributed by atoms with E-state index in [9.17, 15) is 4.79 Å². The van der Waals surface area contributed by atoms with Crippen LogP contribution >= 0.6 is 0 Å². The van der Waals surface area contributed by atoms with Gasteiger partial charge in [-0.1, -0.05) is 6.58 Å². The Morgan fingerprint density at radius 2 is 1.87 bits per heavy atom. The molecule has 0 aliphatic rings. The molecule has 0 aromatic heterocycles. The summed E-state index contributed by atoms with van der Waals surface area (Å²) in [7, 11) is 0. The highest BCUT2D eigenvalue weighted by Crippen LogP contribution is 2.10. The summed E-state index contributed by atoms with van der Waals surface area (Å²) in [4.78, 5) is 11.4. The Morgan fingerprint density at radius 1 is 1.27 bits per heavy atom. The van der Waals surface area contributed by atoms with Gasteiger partial charge in [0.1, 0.15) is 12.4 Å². The molecule has 0 aromatic carbocycles. The van der Waals surface area contributed by atoms with Crippen molar-refractivity contribution in [1.29, 1.82) is 0 Å². The molecule has 0 unspecified atom stereocenters. The highest BCUT2D eigenvalue weighted by molar-refractivity contribution is 5.88. The van der Waals surface area contributed by atoms with E-state index in [2.05, 4.69) is 6.58 Å². The van der Waals surface area contributed by atoms with Crippen molar-refractivity contribution in [2.24, 2.45) is 0 Å². The smallest absolute Gasteiger partial charge is 0.336 e. The lowest BCUT2D eigenvalue weighted by Crippen LogP contribution is -2.25. The summed E-state index contributed by atoms with van der Waals surface area (Å²) in [5.41, 5.74) is -0.204. The maximum atomic E-state index is 11.4. The van der Waals surface area contributed by atoms with Gasteiger partial charge in [-0.05, 0) is 27.7 Å². The van der Waals surface area contributed by atoms with Crippen LogP contribution in [0, 0.1) is 0 Å². The molecule has 0 aromatic rings. The highest BCUT2D eigenvalue weighted by Gasteiger charge is 2.18. The molecule has 0 saturated heterocycles. The SMILES string of the molecule is C=C(COCOCC)C(=O)OC(C)(C)C. The molecular formula is C11H20O4. The quantitative estimate of drug-likeness (QED) is 0.294. The first-order valence-corrected chi connectivity index (χ1v) is 4.93. The predicted octanol–water partition coefficient (Wildman–Crippen LogP) is 1.89. The van der Waals surface area contributed by atoms with Gasteiger partial charge in [0.25, 0.3) is 0 Å². The second-order valence-corrected chi connectivity index (χ2v) is 4.06. The van der Waals surface area contributed by atoms with E-state index in [0.29, 0.717) is 12.2 Å². The summed E-state index contributed by atoms with van der Waals surface area (Å²) in [5.74, 6) is -0.431. The van der Waals surface area contributed by atoms with Crippen LogP contribution in [0.5, 0.6) is 0 Å². The Bertz CT molecular complexity index is 215. The summed E-state index contributed by atoms with van der Waals surface area (Å²) >= 11 is 0. The van der Waals surface area contributed by atoms with E-state index in [1.54, 1.807) is 20.8 Å². The molecule has 0 radical (unpaired) electrons. The molecule has 4 nitrogen and oxygen atoms in total. The van der Waals surface area contributed by atoms with Crippen molar-refractivity contribution < 1.29 is 19.0 Å². The summed E-state index contributed by atoms with van der Waals surface area (Å²) in [6, 6.07) is 0. The molecular weight excluding hydrogens is 196 g/mol. The second kappa shape index (κ2) is 6.58. The lowest BCUT2D eigenvalue weighted by atomic mass is 10.2. The van der Waals surface area contributed by atoms with E-state index >= 15 is 0 Å². The second-order valence-electron chi connectivity index (χ2n) is 4.06. The Balaban J connectivity index is 3.76. The lowest BCUT2D eigenvalue weighted by Gasteiger charge is -2.20. The van der Waals surface area contributed by atoms with Gasteiger partial charge in [-0.15, -0.1) is 0 Å². The van der Waals surface area contributed by atoms with Crippen molar-refractivity contribution in [2.45, 2.75) is 33.3 Å². The minimum Gasteiger partial charge on any atom is -0.457 e. The molecule has 0 N–H and O–H groups in total. The number of ether oxygens (including phenoxy) is 3. The molecule has 0 aliphatic carbocycles. The maximum absolute atomic E-state index is 11.4. The molecule has 0 saturated carbocycles. The molecule has 0 aliphatic heterocycles. The van der Waals surface area contributed by atoms with Crippen LogP contribution < -0.4 is 0 Å². The number of hydrogen-bond acceptors (Lipinski definition) is 4. The van der Waals surface area contributed by atoms with Crippen LogP contribution in [-0.2, 0) is 19.0 Å². The number of carbonyl (C=O) groups excluding carboxylic acids is 1. The van der Waals surface area contributed by atoms with Gasteiger partial charge in [0.15, 0.2) is 0 Å². The molecule has 0 rings (SSSR count). The van der Waals surface area contributed by atoms with Crippen molar-refractivity contribution in [3.63, 3.8) is 0 Å². The van der Waals surface area contributed by atoms with E-state index in [1.807, 2.05) is 6.92 Å². The predicted molar refractivity (Wildman–Crippen MR) is 57.4 cm³/mol. The van der Waals surface area contributed by atoms with Crippen LogP contribution in [0.3, 0.4) is 0 Å². The van der Waals surface area contributed by atoms with Crippen LogP contribution in [0.15, 0.2) is 12.2 Å². The normalized spacial score (nSPS) is 11.2. The van der Waals surface area contributed by atoms with Gasteiger partial charge >= 0.3 is 5.97 Å². The third-order valence-electron chi connectivity index (χ3n) is 1.33. The molecule has 0 spiro atoms. The first-order chi connectivity index (χ1) is 6.87. The zero-order valence-electron chi connectivity index (χ0n) is 9.96. The standard InChI is InChI=1S/C11H20O4/c1-6-13-8-14-7-9(2)10(12)15-11(3,4)5/h2,6-8H2,1,3-5H3. The molecule has 0 amide bonds.